The van der Waals surface area contributed by atoms with Crippen molar-refractivity contribution in [2.45, 2.75) is 50.6 Å². The van der Waals surface area contributed by atoms with Gasteiger partial charge in [0, 0.05) is 12.6 Å². The Kier molecular flexibility index (Phi) is 7.56. The van der Waals surface area contributed by atoms with E-state index in [0.29, 0.717) is 5.56 Å². The highest BCUT2D eigenvalue weighted by molar-refractivity contribution is 5.85. The number of hydrogen-bond acceptors (Lipinski definition) is 5. The lowest BCUT2D eigenvalue weighted by atomic mass is 9.82. The average Bonchev–Trinajstić information content (AvgIpc) is 3.11. The third kappa shape index (κ3) is 5.42. The van der Waals surface area contributed by atoms with E-state index in [4.69, 9.17) is 9.47 Å². The van der Waals surface area contributed by atoms with Crippen LogP contribution in [0.3, 0.4) is 0 Å². The molecule has 6 nitrogen and oxygen atoms in total. The molecule has 2 fully saturated rings. The standard InChI is InChI=1S/C18H23F4N3O3.ClH/c1-25(17(26)14-4-3-5-23-14)9-10-6-13(19)16(24-15(10)27-2)28-12-7-11(8-12)18(20,21)22;/h6,11-12,14,23H,3-5,7-9H2,1-2H3;1H/t11-,12-,14-;/m0./s1. The van der Waals surface area contributed by atoms with E-state index in [0.717, 1.165) is 25.5 Å². The molecule has 1 saturated carbocycles. The molecule has 1 aliphatic carbocycles. The van der Waals surface area contributed by atoms with Gasteiger partial charge in [0.1, 0.15) is 6.10 Å². The number of hydrogen-bond donors (Lipinski definition) is 1. The maximum absolute atomic E-state index is 14.4. The summed E-state index contributed by atoms with van der Waals surface area (Å²) in [4.78, 5) is 17.8. The topological polar surface area (TPSA) is 63.7 Å². The number of ether oxygens (including phenoxy) is 2. The predicted octanol–water partition coefficient (Wildman–Crippen LogP) is 3.08. The van der Waals surface area contributed by atoms with Gasteiger partial charge in [0.25, 0.3) is 5.88 Å². The molecule has 1 aromatic rings. The van der Waals surface area contributed by atoms with Crippen LogP contribution in [-0.4, -0.2) is 54.8 Å². The fourth-order valence-electron chi connectivity index (χ4n) is 3.45. The molecule has 1 amide bonds. The minimum Gasteiger partial charge on any atom is -0.481 e. The third-order valence-electron chi connectivity index (χ3n) is 5.15. The first-order valence-electron chi connectivity index (χ1n) is 9.14. The van der Waals surface area contributed by atoms with Crippen LogP contribution in [-0.2, 0) is 11.3 Å². The first-order valence-corrected chi connectivity index (χ1v) is 9.14. The van der Waals surface area contributed by atoms with E-state index in [9.17, 15) is 22.4 Å². The van der Waals surface area contributed by atoms with E-state index in [1.165, 1.54) is 12.0 Å². The van der Waals surface area contributed by atoms with Crippen LogP contribution in [0.2, 0.25) is 0 Å². The smallest absolute Gasteiger partial charge is 0.392 e. The minimum atomic E-state index is -4.27. The quantitative estimate of drug-likeness (QED) is 0.687. The second-order valence-electron chi connectivity index (χ2n) is 7.24. The van der Waals surface area contributed by atoms with Crippen molar-refractivity contribution in [1.82, 2.24) is 15.2 Å². The molecule has 3 rings (SSSR count). The number of likely N-dealkylation sites (N-methyl/N-ethyl adjacent to an activating group) is 1. The van der Waals surface area contributed by atoms with Gasteiger partial charge in [-0.25, -0.2) is 4.39 Å². The molecule has 0 bridgehead atoms. The van der Waals surface area contributed by atoms with Crippen LogP contribution in [0.5, 0.6) is 11.8 Å². The number of nitrogens with one attached hydrogen (secondary N) is 1. The number of pyridine rings is 1. The summed E-state index contributed by atoms with van der Waals surface area (Å²) < 4.78 is 62.5. The van der Waals surface area contributed by atoms with Crippen molar-refractivity contribution >= 4 is 18.3 Å². The highest BCUT2D eigenvalue weighted by Gasteiger charge is 2.49. The molecule has 164 valence electrons. The number of rotatable bonds is 6. The normalized spacial score (nSPS) is 23.7. The van der Waals surface area contributed by atoms with Crippen molar-refractivity contribution in [2.24, 2.45) is 5.92 Å². The van der Waals surface area contributed by atoms with Gasteiger partial charge < -0.3 is 19.7 Å². The van der Waals surface area contributed by atoms with Crippen molar-refractivity contribution in [2.75, 3.05) is 20.7 Å². The van der Waals surface area contributed by atoms with Crippen LogP contribution >= 0.6 is 12.4 Å². The molecule has 1 aromatic heterocycles. The van der Waals surface area contributed by atoms with E-state index in [-0.39, 0.29) is 49.6 Å². The number of nitrogens with zero attached hydrogens (tertiary/aromatic N) is 2. The van der Waals surface area contributed by atoms with E-state index in [1.807, 2.05) is 0 Å². The van der Waals surface area contributed by atoms with E-state index < -0.39 is 29.9 Å². The summed E-state index contributed by atoms with van der Waals surface area (Å²) in [6.07, 6.45) is -3.77. The molecule has 2 aliphatic rings. The number of amides is 1. The number of carbonyl (C=O) groups is 1. The Balaban J connectivity index is 0.00000300. The SMILES string of the molecule is COc1nc(O[C@H]2C[C@H](C(F)(F)F)C2)c(F)cc1CN(C)C(=O)[C@@H]1CCCN1.Cl. The van der Waals surface area contributed by atoms with E-state index in [2.05, 4.69) is 10.3 Å². The fraction of sp³-hybridized carbons (Fsp3) is 0.667. The zero-order valence-corrected chi connectivity index (χ0v) is 16.9. The Morgan fingerprint density at radius 3 is 2.59 bits per heavy atom. The van der Waals surface area contributed by atoms with E-state index in [1.54, 1.807) is 7.05 Å². The number of aromatic nitrogens is 1. The monoisotopic (exact) mass is 441 g/mol. The van der Waals surface area contributed by atoms with Crippen molar-refractivity contribution < 1.29 is 31.8 Å². The second-order valence-corrected chi connectivity index (χ2v) is 7.24. The zero-order chi connectivity index (χ0) is 20.5. The van der Waals surface area contributed by atoms with E-state index >= 15 is 0 Å². The molecule has 1 aliphatic heterocycles. The molecular weight excluding hydrogens is 418 g/mol. The van der Waals surface area contributed by atoms with Gasteiger partial charge in [-0.2, -0.15) is 18.2 Å². The van der Waals surface area contributed by atoms with Crippen LogP contribution in [0.1, 0.15) is 31.2 Å². The fourth-order valence-corrected chi connectivity index (χ4v) is 3.45. The van der Waals surface area contributed by atoms with Crippen molar-refractivity contribution in [3.05, 3.63) is 17.4 Å². The third-order valence-corrected chi connectivity index (χ3v) is 5.15. The van der Waals surface area contributed by atoms with Crippen LogP contribution < -0.4 is 14.8 Å². The van der Waals surface area contributed by atoms with Gasteiger partial charge in [-0.1, -0.05) is 0 Å². The zero-order valence-electron chi connectivity index (χ0n) is 16.1. The maximum Gasteiger partial charge on any atom is 0.392 e. The summed E-state index contributed by atoms with van der Waals surface area (Å²) in [5, 5.41) is 3.11. The van der Waals surface area contributed by atoms with Crippen LogP contribution in [0.15, 0.2) is 6.07 Å². The van der Waals surface area contributed by atoms with Crippen LogP contribution in [0.25, 0.3) is 0 Å². The first-order chi connectivity index (χ1) is 13.2. The average molecular weight is 442 g/mol. The van der Waals surface area contributed by atoms with Gasteiger partial charge in [0.2, 0.25) is 11.8 Å². The number of carbonyl (C=O) groups excluding carboxylic acids is 1. The maximum atomic E-state index is 14.4. The molecule has 11 heteroatoms. The van der Waals surface area contributed by atoms with Gasteiger partial charge in [-0.3, -0.25) is 4.79 Å². The molecule has 0 unspecified atom stereocenters. The van der Waals surface area contributed by atoms with Gasteiger partial charge in [-0.05, 0) is 38.3 Å². The summed E-state index contributed by atoms with van der Waals surface area (Å²) in [6, 6.07) is 0.893. The predicted molar refractivity (Wildman–Crippen MR) is 98.7 cm³/mol. The summed E-state index contributed by atoms with van der Waals surface area (Å²) >= 11 is 0. The molecule has 1 N–H and O–H groups in total. The Bertz CT molecular complexity index is 723. The number of halogens is 5. The van der Waals surface area contributed by atoms with Gasteiger partial charge in [-0.15, -0.1) is 12.4 Å². The first kappa shape index (κ1) is 23.5. The van der Waals surface area contributed by atoms with Crippen LogP contribution in [0, 0.1) is 11.7 Å². The summed E-state index contributed by atoms with van der Waals surface area (Å²) in [6.45, 7) is 0.871. The van der Waals surface area contributed by atoms with Crippen molar-refractivity contribution in [1.29, 1.82) is 0 Å². The van der Waals surface area contributed by atoms with Crippen molar-refractivity contribution in [3.63, 3.8) is 0 Å². The summed E-state index contributed by atoms with van der Waals surface area (Å²) in [5.74, 6) is -2.65. The molecular formula is C18H24ClF4N3O3. The lowest BCUT2D eigenvalue weighted by Gasteiger charge is -2.36. The number of alkyl halides is 3. The Labute approximate surface area is 172 Å². The molecule has 1 atom stereocenters. The summed E-state index contributed by atoms with van der Waals surface area (Å²) in [5.41, 5.74) is 0.350. The molecule has 2 heterocycles. The van der Waals surface area contributed by atoms with Gasteiger partial charge >= 0.3 is 6.18 Å². The van der Waals surface area contributed by atoms with Gasteiger partial charge in [0.15, 0.2) is 5.82 Å². The Morgan fingerprint density at radius 1 is 1.34 bits per heavy atom. The largest absolute Gasteiger partial charge is 0.481 e. The Hall–Kier alpha value is -1.81. The Morgan fingerprint density at radius 2 is 2.03 bits per heavy atom. The molecule has 1 saturated heterocycles. The highest BCUT2D eigenvalue weighted by Crippen LogP contribution is 2.43. The lowest BCUT2D eigenvalue weighted by molar-refractivity contribution is -0.210. The molecule has 0 radical (unpaired) electrons. The molecule has 0 spiro atoms. The highest BCUT2D eigenvalue weighted by atomic mass is 35.5. The van der Waals surface area contributed by atoms with Gasteiger partial charge in [0.05, 0.1) is 25.6 Å². The van der Waals surface area contributed by atoms with Crippen molar-refractivity contribution in [3.8, 4) is 11.8 Å². The number of methoxy groups -OCH3 is 1. The summed E-state index contributed by atoms with van der Waals surface area (Å²) in [7, 11) is 2.95. The molecule has 29 heavy (non-hydrogen) atoms. The minimum absolute atomic E-state index is 0. The molecule has 0 aromatic carbocycles. The lowest BCUT2D eigenvalue weighted by Crippen LogP contribution is -2.42. The van der Waals surface area contributed by atoms with Crippen LogP contribution in [0.4, 0.5) is 17.6 Å². The second kappa shape index (κ2) is 9.34.